The average molecular weight is 803 g/mol. The molecule has 25 nitrogen and oxygen atoms in total. The Morgan fingerprint density at radius 3 is 1.51 bits per heavy atom. The van der Waals surface area contributed by atoms with Gasteiger partial charge >= 0.3 is 0 Å². The minimum absolute atomic E-state index is 0.0201. The molecule has 1 aliphatic carbocycles. The number of rotatable bonds is 1. The van der Waals surface area contributed by atoms with Gasteiger partial charge in [-0.3, -0.25) is 52.7 Å². The van der Waals surface area contributed by atoms with Crippen LogP contribution in [0.15, 0.2) is 12.4 Å². The highest BCUT2D eigenvalue weighted by Gasteiger charge is 2.47. The van der Waals surface area contributed by atoms with Crippen molar-refractivity contribution in [3.63, 3.8) is 0 Å². The molecule has 2 unspecified atom stereocenters. The van der Waals surface area contributed by atoms with Gasteiger partial charge < -0.3 is 58.1 Å². The van der Waals surface area contributed by atoms with E-state index in [9.17, 15) is 52.7 Å². The van der Waals surface area contributed by atoms with Gasteiger partial charge in [-0.2, -0.15) is 0 Å². The zero-order valence-corrected chi connectivity index (χ0v) is 30.9. The van der Waals surface area contributed by atoms with Crippen molar-refractivity contribution in [2.24, 2.45) is 0 Å². The van der Waals surface area contributed by atoms with Gasteiger partial charge in [0.2, 0.25) is 65.0 Å². The molecule has 0 radical (unpaired) electrons. The third-order valence-corrected chi connectivity index (χ3v) is 9.17. The van der Waals surface area contributed by atoms with E-state index in [0.29, 0.717) is 12.8 Å². The number of carbonyl (C=O) groups excluding carboxylic acids is 11. The molecule has 57 heavy (non-hydrogen) atoms. The summed E-state index contributed by atoms with van der Waals surface area (Å²) in [5.41, 5.74) is -1.38. The van der Waals surface area contributed by atoms with Gasteiger partial charge in [0.1, 0.15) is 11.6 Å². The summed E-state index contributed by atoms with van der Waals surface area (Å²) in [7, 11) is 0. The van der Waals surface area contributed by atoms with Crippen molar-refractivity contribution in [2.75, 3.05) is 65.4 Å². The first-order valence-corrected chi connectivity index (χ1v) is 18.1. The van der Waals surface area contributed by atoms with Crippen molar-refractivity contribution in [1.82, 2.24) is 73.1 Å². The highest BCUT2D eigenvalue weighted by molar-refractivity contribution is 5.97. The van der Waals surface area contributed by atoms with Crippen molar-refractivity contribution in [1.29, 1.82) is 0 Å². The number of nitrogens with zero attached hydrogens (tertiary/aromatic N) is 4. The number of aromatic nitrogens is 3. The molecule has 4 rings (SSSR count). The number of carbonyl (C=O) groups is 11. The van der Waals surface area contributed by atoms with E-state index in [1.807, 2.05) is 0 Å². The van der Waals surface area contributed by atoms with Crippen LogP contribution in [0.2, 0.25) is 0 Å². The summed E-state index contributed by atoms with van der Waals surface area (Å²) in [4.78, 5) is 140. The number of nitrogens with one attached hydrogen (secondary N) is 10. The largest absolute Gasteiger partial charge is 0.354 e. The number of hydrogen-bond acceptors (Lipinski definition) is 13. The molecule has 2 aliphatic heterocycles. The van der Waals surface area contributed by atoms with Crippen molar-refractivity contribution in [3.8, 4) is 0 Å². The first-order valence-electron chi connectivity index (χ1n) is 18.1. The van der Waals surface area contributed by atoms with Crippen LogP contribution in [0, 0.1) is 0 Å². The predicted molar refractivity (Wildman–Crippen MR) is 190 cm³/mol. The van der Waals surface area contributed by atoms with Gasteiger partial charge in [0, 0.05) is 32.1 Å². The molecular formula is C32H46N14O11. The fourth-order valence-corrected chi connectivity index (χ4v) is 6.17. The lowest BCUT2D eigenvalue weighted by Gasteiger charge is -2.32. The SMILES string of the molecule is O=C1CCNC(=O)CNC(=O)C2(CCCC2)NC(=O)C2CC(n3ccnn3)CN2C(=O)CNC(=O)CNC(=O)CNC(=O)CNC(=O)CNC(=O)CNC(=O)CN1. The second kappa shape index (κ2) is 20.8. The van der Waals surface area contributed by atoms with Gasteiger partial charge in [-0.25, -0.2) is 4.68 Å². The molecular weight excluding hydrogens is 756 g/mol. The number of fused-ring (bicyclic) bond motifs is 1. The normalized spacial score (nSPS) is 23.9. The Bertz CT molecular complexity index is 1710. The number of hydrogen-bond donors (Lipinski definition) is 10. The fourth-order valence-electron chi connectivity index (χ4n) is 6.17. The zero-order valence-electron chi connectivity index (χ0n) is 30.9. The first-order chi connectivity index (χ1) is 27.2. The van der Waals surface area contributed by atoms with E-state index in [0.717, 1.165) is 0 Å². The summed E-state index contributed by atoms with van der Waals surface area (Å²) in [5, 5.41) is 31.5. The van der Waals surface area contributed by atoms with Gasteiger partial charge in [0.05, 0.1) is 64.6 Å². The van der Waals surface area contributed by atoms with E-state index in [2.05, 4.69) is 63.5 Å². The lowest BCUT2D eigenvalue weighted by Crippen LogP contribution is -2.61. The van der Waals surface area contributed by atoms with Crippen LogP contribution in [0.3, 0.4) is 0 Å². The van der Waals surface area contributed by atoms with Crippen LogP contribution in [0.1, 0.15) is 44.6 Å². The lowest BCUT2D eigenvalue weighted by molar-refractivity contribution is -0.141. The summed E-state index contributed by atoms with van der Waals surface area (Å²) in [6.07, 6.45) is 4.62. The quantitative estimate of drug-likeness (QED) is 0.126. The number of amides is 11. The van der Waals surface area contributed by atoms with Crippen molar-refractivity contribution in [3.05, 3.63) is 12.4 Å². The molecule has 1 aromatic rings. The van der Waals surface area contributed by atoms with E-state index in [1.54, 1.807) is 6.20 Å². The summed E-state index contributed by atoms with van der Waals surface area (Å²) in [5.74, 6) is -7.61. The first kappa shape index (κ1) is 43.0. The van der Waals surface area contributed by atoms with E-state index in [4.69, 9.17) is 0 Å². The van der Waals surface area contributed by atoms with E-state index in [1.165, 1.54) is 15.8 Å². The molecule has 0 bridgehead atoms. The summed E-state index contributed by atoms with van der Waals surface area (Å²) in [6, 6.07) is -1.55. The topological polar surface area (TPSA) is 342 Å². The van der Waals surface area contributed by atoms with Crippen LogP contribution in [-0.4, -0.2) is 162 Å². The van der Waals surface area contributed by atoms with Crippen molar-refractivity contribution < 1.29 is 52.7 Å². The van der Waals surface area contributed by atoms with Crippen LogP contribution in [-0.2, 0) is 52.7 Å². The minimum atomic E-state index is -1.38. The second-order valence-corrected chi connectivity index (χ2v) is 13.3. The fraction of sp³-hybridized carbons (Fsp3) is 0.594. The Hall–Kier alpha value is -6.69. The van der Waals surface area contributed by atoms with Gasteiger partial charge in [0.25, 0.3) is 0 Å². The molecule has 10 N–H and O–H groups in total. The maximum absolute atomic E-state index is 13.9. The maximum atomic E-state index is 13.9. The molecule has 11 amide bonds. The Morgan fingerprint density at radius 2 is 1.02 bits per heavy atom. The molecule has 1 saturated carbocycles. The monoisotopic (exact) mass is 802 g/mol. The molecule has 3 fully saturated rings. The maximum Gasteiger partial charge on any atom is 0.246 e. The molecule has 3 heterocycles. The van der Waals surface area contributed by atoms with E-state index in [-0.39, 0.29) is 38.8 Å². The Morgan fingerprint density at radius 1 is 0.561 bits per heavy atom. The molecule has 310 valence electrons. The van der Waals surface area contributed by atoms with Crippen LogP contribution in [0.25, 0.3) is 0 Å². The summed E-state index contributed by atoms with van der Waals surface area (Å²) >= 11 is 0. The van der Waals surface area contributed by atoms with E-state index < -0.39 is 135 Å². The van der Waals surface area contributed by atoms with Crippen molar-refractivity contribution in [2.45, 2.75) is 56.1 Å². The lowest BCUT2D eigenvalue weighted by atomic mass is 9.95. The highest BCUT2D eigenvalue weighted by Crippen LogP contribution is 2.32. The summed E-state index contributed by atoms with van der Waals surface area (Å²) in [6.45, 7) is -4.35. The molecule has 25 heteroatoms. The highest BCUT2D eigenvalue weighted by atomic mass is 16.2. The van der Waals surface area contributed by atoms with Crippen LogP contribution >= 0.6 is 0 Å². The van der Waals surface area contributed by atoms with Crippen LogP contribution < -0.4 is 53.2 Å². The van der Waals surface area contributed by atoms with Crippen molar-refractivity contribution >= 4 is 65.0 Å². The van der Waals surface area contributed by atoms with Crippen LogP contribution in [0.5, 0.6) is 0 Å². The molecule has 1 aromatic heterocycles. The van der Waals surface area contributed by atoms with Gasteiger partial charge in [0.15, 0.2) is 0 Å². The average Bonchev–Trinajstić information content (AvgIpc) is 3.99. The molecule has 3 aliphatic rings. The third-order valence-electron chi connectivity index (χ3n) is 9.17. The molecule has 0 aromatic carbocycles. The van der Waals surface area contributed by atoms with Gasteiger partial charge in [-0.15, -0.1) is 5.10 Å². The Balaban J connectivity index is 1.40. The second-order valence-electron chi connectivity index (χ2n) is 13.3. The standard InChI is InChI=1S/C32H46N14O11/c47-21-3-6-33-22(48)16-41-31(57)32(4-1-2-5-32)43-30(56)20-9-19(46-8-7-42-44-46)18-45(20)29(55)17-40-28(54)15-39-27(53)14-38-26(52)13-37-25(51)12-36-24(50)11-35-23(49)10-34-21/h7-8,19-20H,1-6,9-18H2,(H,33,48)(H,34,47)(H,35,49)(H,36,50)(H,37,51)(H,38,52)(H,39,53)(H,40,54)(H,41,57)(H,43,56). The van der Waals surface area contributed by atoms with Gasteiger partial charge in [-0.1, -0.05) is 18.1 Å². The molecule has 2 atom stereocenters. The summed E-state index contributed by atoms with van der Waals surface area (Å²) < 4.78 is 1.49. The Kier molecular flexibility index (Phi) is 15.7. The van der Waals surface area contributed by atoms with E-state index >= 15 is 0 Å². The van der Waals surface area contributed by atoms with Crippen LogP contribution in [0.4, 0.5) is 0 Å². The molecule has 2 saturated heterocycles. The van der Waals surface area contributed by atoms with Gasteiger partial charge in [-0.05, 0) is 12.8 Å². The Labute approximate surface area is 324 Å². The zero-order chi connectivity index (χ0) is 41.4. The minimum Gasteiger partial charge on any atom is -0.354 e. The third kappa shape index (κ3) is 13.5. The molecule has 1 spiro atoms. The predicted octanol–water partition coefficient (Wildman–Crippen LogP) is -7.70. The smallest absolute Gasteiger partial charge is 0.246 e.